The molecule has 0 radical (unpaired) electrons. The van der Waals surface area contributed by atoms with E-state index >= 15 is 0 Å². The zero-order chi connectivity index (χ0) is 12.1. The number of halogens is 1. The summed E-state index contributed by atoms with van der Waals surface area (Å²) in [5.41, 5.74) is 2.23. The number of hydrogen-bond donors (Lipinski definition) is 2. The topological polar surface area (TPSA) is 32.3 Å². The van der Waals surface area contributed by atoms with Gasteiger partial charge in [0.15, 0.2) is 0 Å². The molecule has 0 amide bonds. The lowest BCUT2D eigenvalue weighted by atomic mass is 10.0. The molecule has 0 aliphatic carbocycles. The van der Waals surface area contributed by atoms with Crippen molar-refractivity contribution in [3.05, 3.63) is 34.3 Å². The number of aryl methyl sites for hydroxylation is 1. The molecule has 0 bridgehead atoms. The smallest absolute Gasteiger partial charge is 0.0626 e. The summed E-state index contributed by atoms with van der Waals surface area (Å²) in [5, 5.41) is 13.6. The minimum absolute atomic E-state index is 0.00721. The summed E-state index contributed by atoms with van der Waals surface area (Å²) in [5.74, 6) is 0. The molecule has 90 valence electrons. The van der Waals surface area contributed by atoms with E-state index in [2.05, 4.69) is 19.2 Å². The summed E-state index contributed by atoms with van der Waals surface area (Å²) in [6.07, 6.45) is 1.04. The highest BCUT2D eigenvalue weighted by Crippen LogP contribution is 2.21. The van der Waals surface area contributed by atoms with Gasteiger partial charge in [-0.1, -0.05) is 24.6 Å². The van der Waals surface area contributed by atoms with Crippen LogP contribution in [0.2, 0.25) is 5.02 Å². The highest BCUT2D eigenvalue weighted by Gasteiger charge is 2.14. The van der Waals surface area contributed by atoms with E-state index in [4.69, 9.17) is 11.6 Å². The van der Waals surface area contributed by atoms with Gasteiger partial charge in [0.1, 0.15) is 0 Å². The van der Waals surface area contributed by atoms with E-state index in [-0.39, 0.29) is 12.6 Å². The average molecular weight is 242 g/mol. The predicted octanol–water partition coefficient (Wildman–Crippen LogP) is 3.07. The van der Waals surface area contributed by atoms with E-state index < -0.39 is 0 Å². The molecule has 0 saturated heterocycles. The van der Waals surface area contributed by atoms with Crippen molar-refractivity contribution in [2.75, 3.05) is 6.61 Å². The van der Waals surface area contributed by atoms with Crippen LogP contribution in [0.15, 0.2) is 18.2 Å². The SMILES string of the molecule is CCC(C)NC(CO)c1ccc(Cl)cc1C. The monoisotopic (exact) mass is 241 g/mol. The van der Waals surface area contributed by atoms with Gasteiger partial charge >= 0.3 is 0 Å². The van der Waals surface area contributed by atoms with Crippen molar-refractivity contribution in [1.29, 1.82) is 0 Å². The Labute approximate surface area is 103 Å². The third-order valence-electron chi connectivity index (χ3n) is 2.89. The molecule has 0 aliphatic rings. The maximum atomic E-state index is 9.42. The Morgan fingerprint density at radius 1 is 1.44 bits per heavy atom. The molecule has 0 heterocycles. The van der Waals surface area contributed by atoms with Crippen LogP contribution in [0.1, 0.15) is 37.4 Å². The minimum atomic E-state index is -0.00721. The van der Waals surface area contributed by atoms with E-state index in [1.807, 2.05) is 25.1 Å². The fourth-order valence-corrected chi connectivity index (χ4v) is 1.96. The van der Waals surface area contributed by atoms with E-state index in [9.17, 15) is 5.11 Å². The first-order chi connectivity index (χ1) is 7.58. The highest BCUT2D eigenvalue weighted by atomic mass is 35.5. The van der Waals surface area contributed by atoms with Crippen LogP contribution >= 0.6 is 11.6 Å². The van der Waals surface area contributed by atoms with E-state index in [0.29, 0.717) is 6.04 Å². The molecule has 1 aromatic rings. The van der Waals surface area contributed by atoms with Crippen molar-refractivity contribution in [3.8, 4) is 0 Å². The average Bonchev–Trinajstić information content (AvgIpc) is 2.26. The number of aliphatic hydroxyl groups excluding tert-OH is 1. The highest BCUT2D eigenvalue weighted by molar-refractivity contribution is 6.30. The van der Waals surface area contributed by atoms with Crippen molar-refractivity contribution in [1.82, 2.24) is 5.32 Å². The quantitative estimate of drug-likeness (QED) is 0.831. The zero-order valence-corrected chi connectivity index (χ0v) is 10.9. The lowest BCUT2D eigenvalue weighted by molar-refractivity contribution is 0.233. The van der Waals surface area contributed by atoms with Crippen molar-refractivity contribution in [2.24, 2.45) is 0 Å². The molecule has 0 saturated carbocycles. The first-order valence-electron chi connectivity index (χ1n) is 5.71. The number of hydrogen-bond acceptors (Lipinski definition) is 2. The molecule has 0 spiro atoms. The molecule has 2 atom stereocenters. The standard InChI is InChI=1S/C13H20ClNO/c1-4-10(3)15-13(8-16)12-6-5-11(14)7-9(12)2/h5-7,10,13,15-16H,4,8H2,1-3H3. The van der Waals surface area contributed by atoms with Gasteiger partial charge in [0.05, 0.1) is 12.6 Å². The number of aliphatic hydroxyl groups is 1. The Morgan fingerprint density at radius 3 is 2.62 bits per heavy atom. The van der Waals surface area contributed by atoms with Gasteiger partial charge in [-0.3, -0.25) is 0 Å². The number of rotatable bonds is 5. The molecule has 0 fully saturated rings. The first kappa shape index (κ1) is 13.5. The fraction of sp³-hybridized carbons (Fsp3) is 0.538. The predicted molar refractivity (Wildman–Crippen MR) is 68.9 cm³/mol. The second-order valence-corrected chi connectivity index (χ2v) is 4.65. The fourth-order valence-electron chi connectivity index (χ4n) is 1.73. The van der Waals surface area contributed by atoms with Gasteiger partial charge in [0.2, 0.25) is 0 Å². The minimum Gasteiger partial charge on any atom is -0.394 e. The molecule has 2 nitrogen and oxygen atoms in total. The van der Waals surface area contributed by atoms with Crippen LogP contribution in [0.3, 0.4) is 0 Å². The molecule has 2 N–H and O–H groups in total. The second-order valence-electron chi connectivity index (χ2n) is 4.21. The summed E-state index contributed by atoms with van der Waals surface area (Å²) >= 11 is 5.91. The summed E-state index contributed by atoms with van der Waals surface area (Å²) in [6, 6.07) is 6.16. The van der Waals surface area contributed by atoms with Gasteiger partial charge in [0.25, 0.3) is 0 Å². The molecule has 2 unspecified atom stereocenters. The van der Waals surface area contributed by atoms with Crippen LogP contribution in [0.25, 0.3) is 0 Å². The van der Waals surface area contributed by atoms with Crippen molar-refractivity contribution in [3.63, 3.8) is 0 Å². The van der Waals surface area contributed by atoms with Crippen LogP contribution in [-0.2, 0) is 0 Å². The molecule has 16 heavy (non-hydrogen) atoms. The van der Waals surface area contributed by atoms with Crippen LogP contribution in [-0.4, -0.2) is 17.8 Å². The van der Waals surface area contributed by atoms with E-state index in [0.717, 1.165) is 22.6 Å². The molecule has 0 aliphatic heterocycles. The van der Waals surface area contributed by atoms with E-state index in [1.165, 1.54) is 0 Å². The largest absolute Gasteiger partial charge is 0.394 e. The maximum absolute atomic E-state index is 9.42. The Balaban J connectivity index is 2.86. The van der Waals surface area contributed by atoms with Crippen LogP contribution in [0.4, 0.5) is 0 Å². The van der Waals surface area contributed by atoms with Crippen LogP contribution < -0.4 is 5.32 Å². The number of benzene rings is 1. The van der Waals surface area contributed by atoms with Gasteiger partial charge in [-0.15, -0.1) is 0 Å². The van der Waals surface area contributed by atoms with Crippen LogP contribution in [0, 0.1) is 6.92 Å². The summed E-state index contributed by atoms with van der Waals surface area (Å²) in [6.45, 7) is 6.36. The van der Waals surface area contributed by atoms with Crippen molar-refractivity contribution >= 4 is 11.6 Å². The molecular formula is C13H20ClNO. The van der Waals surface area contributed by atoms with Gasteiger partial charge in [-0.2, -0.15) is 0 Å². The third kappa shape index (κ3) is 3.48. The Morgan fingerprint density at radius 2 is 2.12 bits per heavy atom. The Kier molecular flexibility index (Phi) is 5.26. The Hall–Kier alpha value is -0.570. The van der Waals surface area contributed by atoms with Crippen molar-refractivity contribution in [2.45, 2.75) is 39.3 Å². The summed E-state index contributed by atoms with van der Waals surface area (Å²) in [4.78, 5) is 0. The normalized spacial score (nSPS) is 14.8. The van der Waals surface area contributed by atoms with Gasteiger partial charge in [0, 0.05) is 11.1 Å². The van der Waals surface area contributed by atoms with Crippen molar-refractivity contribution < 1.29 is 5.11 Å². The Bertz CT molecular complexity index is 341. The lowest BCUT2D eigenvalue weighted by Crippen LogP contribution is -2.32. The lowest BCUT2D eigenvalue weighted by Gasteiger charge is -2.22. The van der Waals surface area contributed by atoms with Crippen LogP contribution in [0.5, 0.6) is 0 Å². The van der Waals surface area contributed by atoms with Gasteiger partial charge < -0.3 is 10.4 Å². The summed E-state index contributed by atoms with van der Waals surface area (Å²) < 4.78 is 0. The molecule has 0 aromatic heterocycles. The van der Waals surface area contributed by atoms with E-state index in [1.54, 1.807) is 0 Å². The first-order valence-corrected chi connectivity index (χ1v) is 6.09. The zero-order valence-electron chi connectivity index (χ0n) is 10.1. The third-order valence-corrected chi connectivity index (χ3v) is 3.12. The molecule has 1 rings (SSSR count). The van der Waals surface area contributed by atoms with Gasteiger partial charge in [-0.05, 0) is 43.5 Å². The second kappa shape index (κ2) is 6.24. The molecule has 1 aromatic carbocycles. The maximum Gasteiger partial charge on any atom is 0.0626 e. The molecular weight excluding hydrogens is 222 g/mol. The number of nitrogens with one attached hydrogen (secondary N) is 1. The van der Waals surface area contributed by atoms with Gasteiger partial charge in [-0.25, -0.2) is 0 Å². The summed E-state index contributed by atoms with van der Waals surface area (Å²) in [7, 11) is 0. The molecule has 3 heteroatoms.